The van der Waals surface area contributed by atoms with Crippen LogP contribution in [0.3, 0.4) is 0 Å². The highest BCUT2D eigenvalue weighted by molar-refractivity contribution is 5.68. The van der Waals surface area contributed by atoms with Crippen molar-refractivity contribution in [1.29, 1.82) is 0 Å². The largest absolute Gasteiger partial charge is 0.469 e. The zero-order valence-electron chi connectivity index (χ0n) is 14.3. The third-order valence-electron chi connectivity index (χ3n) is 3.10. The van der Waals surface area contributed by atoms with E-state index in [0.29, 0.717) is 0 Å². The molecule has 0 amide bonds. The summed E-state index contributed by atoms with van der Waals surface area (Å²) in [6.07, 6.45) is 13.5. The van der Waals surface area contributed by atoms with Crippen LogP contribution < -0.4 is 0 Å². The van der Waals surface area contributed by atoms with Crippen LogP contribution in [-0.4, -0.2) is 13.0 Å². The first-order chi connectivity index (χ1) is 9.45. The standard InChI is InChI=1S/C15H30O2/c1-3-4-5-6-7-8-9-10-11-12-13-14-15(16)17-2/h3-14H2,1-2H3/i2D3. The van der Waals surface area contributed by atoms with Crippen LogP contribution in [0.5, 0.6) is 0 Å². The molecule has 0 aromatic rings. The van der Waals surface area contributed by atoms with E-state index in [1.165, 1.54) is 51.4 Å². The fourth-order valence-electron chi connectivity index (χ4n) is 1.98. The van der Waals surface area contributed by atoms with Gasteiger partial charge in [-0.2, -0.15) is 0 Å². The minimum absolute atomic E-state index is 0.218. The van der Waals surface area contributed by atoms with Gasteiger partial charge in [-0.3, -0.25) is 4.79 Å². The van der Waals surface area contributed by atoms with Crippen LogP contribution in [0.1, 0.15) is 88.1 Å². The number of carbonyl (C=O) groups is 1. The van der Waals surface area contributed by atoms with E-state index in [0.717, 1.165) is 19.3 Å². The zero-order chi connectivity index (χ0) is 15.3. The summed E-state index contributed by atoms with van der Waals surface area (Å²) in [7, 11) is -2.59. The van der Waals surface area contributed by atoms with Gasteiger partial charge in [0.1, 0.15) is 0 Å². The smallest absolute Gasteiger partial charge is 0.305 e. The highest BCUT2D eigenvalue weighted by atomic mass is 16.5. The summed E-state index contributed by atoms with van der Waals surface area (Å²) in [4.78, 5) is 11.1. The molecule has 0 aromatic carbocycles. The molecular formula is C15H30O2. The van der Waals surface area contributed by atoms with Gasteiger partial charge in [0.2, 0.25) is 0 Å². The maximum Gasteiger partial charge on any atom is 0.305 e. The molecule has 0 radical (unpaired) electrons. The molecule has 0 aliphatic rings. The Morgan fingerprint density at radius 2 is 1.35 bits per heavy atom. The van der Waals surface area contributed by atoms with E-state index in [1.807, 2.05) is 0 Å². The quantitative estimate of drug-likeness (QED) is 0.362. The lowest BCUT2D eigenvalue weighted by atomic mass is 10.1. The number of ether oxygens (including phenoxy) is 1. The van der Waals surface area contributed by atoms with Crippen LogP contribution in [0.2, 0.25) is 0 Å². The first-order valence-electron chi connectivity index (χ1n) is 8.67. The Hall–Kier alpha value is -0.530. The second-order valence-electron chi connectivity index (χ2n) is 4.76. The van der Waals surface area contributed by atoms with E-state index in [-0.39, 0.29) is 6.42 Å². The van der Waals surface area contributed by atoms with Gasteiger partial charge >= 0.3 is 5.97 Å². The van der Waals surface area contributed by atoms with Gasteiger partial charge in [0.25, 0.3) is 0 Å². The predicted octanol–water partition coefficient (Wildman–Crippen LogP) is 4.86. The molecule has 102 valence electrons. The molecule has 0 N–H and O–H groups in total. The van der Waals surface area contributed by atoms with Gasteiger partial charge in [0.05, 0.1) is 11.2 Å². The van der Waals surface area contributed by atoms with Crippen molar-refractivity contribution < 1.29 is 13.6 Å². The van der Waals surface area contributed by atoms with Crippen LogP contribution in [-0.2, 0) is 9.53 Å². The minimum Gasteiger partial charge on any atom is -0.469 e. The van der Waals surface area contributed by atoms with Crippen molar-refractivity contribution >= 4 is 5.97 Å². The summed E-state index contributed by atoms with van der Waals surface area (Å²) in [6.45, 7) is 2.23. The minimum atomic E-state index is -2.59. The molecular weight excluding hydrogens is 212 g/mol. The van der Waals surface area contributed by atoms with Gasteiger partial charge in [-0.1, -0.05) is 71.1 Å². The molecule has 0 atom stereocenters. The lowest BCUT2D eigenvalue weighted by molar-refractivity contribution is -0.140. The van der Waals surface area contributed by atoms with Gasteiger partial charge in [-0.15, -0.1) is 0 Å². The van der Waals surface area contributed by atoms with E-state index in [2.05, 4.69) is 11.7 Å². The van der Waals surface area contributed by atoms with E-state index in [1.54, 1.807) is 0 Å². The normalized spacial score (nSPS) is 13.8. The summed E-state index contributed by atoms with van der Waals surface area (Å²) < 4.78 is 24.7. The lowest BCUT2D eigenvalue weighted by Gasteiger charge is -2.02. The SMILES string of the molecule is [2H]C([2H])([2H])OC(=O)CCCCCCCCCCCCC. The summed E-state index contributed by atoms with van der Waals surface area (Å²) >= 11 is 0. The number of hydrogen-bond donors (Lipinski definition) is 0. The molecule has 0 saturated heterocycles. The van der Waals surface area contributed by atoms with Crippen molar-refractivity contribution in [2.45, 2.75) is 84.0 Å². The molecule has 2 nitrogen and oxygen atoms in total. The van der Waals surface area contributed by atoms with Crippen molar-refractivity contribution in [2.75, 3.05) is 7.04 Å². The summed E-state index contributed by atoms with van der Waals surface area (Å²) in [6, 6.07) is 0. The van der Waals surface area contributed by atoms with Crippen LogP contribution >= 0.6 is 0 Å². The fraction of sp³-hybridized carbons (Fsp3) is 0.933. The molecule has 2 heteroatoms. The van der Waals surface area contributed by atoms with E-state index < -0.39 is 13.0 Å². The highest BCUT2D eigenvalue weighted by Gasteiger charge is 1.98. The van der Waals surface area contributed by atoms with Gasteiger partial charge in [0, 0.05) is 6.42 Å². The van der Waals surface area contributed by atoms with Crippen LogP contribution in [0, 0.1) is 0 Å². The van der Waals surface area contributed by atoms with Crippen molar-refractivity contribution in [3.8, 4) is 0 Å². The molecule has 0 rings (SSSR count). The molecule has 0 fully saturated rings. The Bertz CT molecular complexity index is 240. The Morgan fingerprint density at radius 1 is 0.882 bits per heavy atom. The lowest BCUT2D eigenvalue weighted by Crippen LogP contribution is -1.99. The Labute approximate surface area is 111 Å². The average Bonchev–Trinajstić information content (AvgIpc) is 2.34. The maximum absolute atomic E-state index is 11.1. The molecule has 0 aliphatic carbocycles. The Morgan fingerprint density at radius 3 is 1.82 bits per heavy atom. The van der Waals surface area contributed by atoms with Crippen LogP contribution in [0.15, 0.2) is 0 Å². The van der Waals surface area contributed by atoms with Crippen molar-refractivity contribution in [3.63, 3.8) is 0 Å². The summed E-state index contributed by atoms with van der Waals surface area (Å²) in [5, 5.41) is 0. The molecule has 0 spiro atoms. The molecule has 0 unspecified atom stereocenters. The third kappa shape index (κ3) is 13.4. The topological polar surface area (TPSA) is 26.3 Å². The van der Waals surface area contributed by atoms with Gasteiger partial charge in [0.15, 0.2) is 0 Å². The van der Waals surface area contributed by atoms with Gasteiger partial charge < -0.3 is 4.74 Å². The van der Waals surface area contributed by atoms with Gasteiger partial charge in [-0.25, -0.2) is 0 Å². The molecule has 17 heavy (non-hydrogen) atoms. The molecule has 0 heterocycles. The van der Waals surface area contributed by atoms with Crippen molar-refractivity contribution in [1.82, 2.24) is 0 Å². The molecule has 0 saturated carbocycles. The number of methoxy groups -OCH3 is 1. The maximum atomic E-state index is 11.1. The average molecular weight is 245 g/mol. The number of esters is 1. The predicted molar refractivity (Wildman–Crippen MR) is 73.1 cm³/mol. The third-order valence-corrected chi connectivity index (χ3v) is 3.10. The summed E-state index contributed by atoms with van der Waals surface area (Å²) in [5.41, 5.74) is 0. The fourth-order valence-corrected chi connectivity index (χ4v) is 1.98. The van der Waals surface area contributed by atoms with Crippen LogP contribution in [0.25, 0.3) is 0 Å². The Kier molecular flexibility index (Phi) is 9.20. The second-order valence-corrected chi connectivity index (χ2v) is 4.76. The number of rotatable bonds is 12. The Balaban J connectivity index is 3.19. The van der Waals surface area contributed by atoms with E-state index in [4.69, 9.17) is 4.11 Å². The highest BCUT2D eigenvalue weighted by Crippen LogP contribution is 2.11. The molecule has 0 bridgehead atoms. The molecule has 0 aromatic heterocycles. The van der Waals surface area contributed by atoms with Gasteiger partial charge in [-0.05, 0) is 6.42 Å². The van der Waals surface area contributed by atoms with Crippen LogP contribution in [0.4, 0.5) is 0 Å². The first-order valence-corrected chi connectivity index (χ1v) is 7.17. The van der Waals surface area contributed by atoms with E-state index in [9.17, 15) is 4.79 Å². The van der Waals surface area contributed by atoms with E-state index >= 15 is 0 Å². The number of unbranched alkanes of at least 4 members (excludes halogenated alkanes) is 10. The molecule has 0 aliphatic heterocycles. The number of hydrogen-bond acceptors (Lipinski definition) is 2. The monoisotopic (exact) mass is 245 g/mol. The zero-order valence-corrected chi connectivity index (χ0v) is 11.3. The van der Waals surface area contributed by atoms with Crippen molar-refractivity contribution in [2.24, 2.45) is 0 Å². The van der Waals surface area contributed by atoms with Crippen molar-refractivity contribution in [3.05, 3.63) is 0 Å². The first kappa shape index (κ1) is 11.6. The summed E-state index contributed by atoms with van der Waals surface area (Å²) in [5.74, 6) is -0.610. The second kappa shape index (κ2) is 13.5. The number of carbonyl (C=O) groups excluding carboxylic acids is 1.